The molecule has 6 nitrogen and oxygen atoms in total. The standard InChI is InChI=1S/C25H20N4O2S2/c1-15-5-6-19(28-23(30)17-4-2-3-16(11-17)18-7-10-32-14-18)12-20(15)29-24(31)22-13-21-25(33-22)27-9-8-26-21/h2-13,18H,14H2,1H3,(H,28,30)(H,29,31). The zero-order valence-electron chi connectivity index (χ0n) is 17.7. The van der Waals surface area contributed by atoms with Crippen LogP contribution in [-0.4, -0.2) is 27.5 Å². The molecule has 0 radical (unpaired) electrons. The number of hydrogen-bond donors (Lipinski definition) is 2. The number of carbonyl (C=O) groups is 2. The second-order valence-electron chi connectivity index (χ2n) is 7.69. The molecule has 3 heterocycles. The summed E-state index contributed by atoms with van der Waals surface area (Å²) in [5.41, 5.74) is 4.58. The van der Waals surface area contributed by atoms with Crippen molar-refractivity contribution in [3.05, 3.63) is 94.0 Å². The van der Waals surface area contributed by atoms with Crippen molar-refractivity contribution in [1.29, 1.82) is 0 Å². The summed E-state index contributed by atoms with van der Waals surface area (Å²) in [5.74, 6) is 0.914. The number of nitrogens with zero attached hydrogens (tertiary/aromatic N) is 2. The van der Waals surface area contributed by atoms with Gasteiger partial charge in [0.05, 0.1) is 4.88 Å². The molecule has 33 heavy (non-hydrogen) atoms. The first-order valence-electron chi connectivity index (χ1n) is 10.4. The van der Waals surface area contributed by atoms with Crippen molar-refractivity contribution in [2.75, 3.05) is 16.4 Å². The van der Waals surface area contributed by atoms with Crippen LogP contribution in [0.1, 0.15) is 37.1 Å². The highest BCUT2D eigenvalue weighted by molar-refractivity contribution is 8.02. The predicted octanol–water partition coefficient (Wildman–Crippen LogP) is 5.85. The molecule has 0 saturated carbocycles. The molecular formula is C25H20N4O2S2. The van der Waals surface area contributed by atoms with Crippen molar-refractivity contribution in [1.82, 2.24) is 9.97 Å². The molecule has 1 unspecified atom stereocenters. The van der Waals surface area contributed by atoms with Crippen LogP contribution in [0.2, 0.25) is 0 Å². The Morgan fingerprint density at radius 2 is 1.88 bits per heavy atom. The first kappa shape index (κ1) is 21.4. The molecule has 4 aromatic rings. The van der Waals surface area contributed by atoms with Gasteiger partial charge in [-0.1, -0.05) is 24.3 Å². The Bertz CT molecular complexity index is 1360. The van der Waals surface area contributed by atoms with Crippen LogP contribution in [0.3, 0.4) is 0 Å². The topological polar surface area (TPSA) is 84.0 Å². The Morgan fingerprint density at radius 3 is 2.70 bits per heavy atom. The minimum Gasteiger partial charge on any atom is -0.322 e. The van der Waals surface area contributed by atoms with E-state index in [4.69, 9.17) is 0 Å². The Balaban J connectivity index is 1.32. The van der Waals surface area contributed by atoms with Gasteiger partial charge in [0.2, 0.25) is 0 Å². The lowest BCUT2D eigenvalue weighted by Gasteiger charge is -2.12. The minimum atomic E-state index is -0.235. The van der Waals surface area contributed by atoms with E-state index in [1.807, 2.05) is 37.3 Å². The van der Waals surface area contributed by atoms with Gasteiger partial charge in [0.1, 0.15) is 10.3 Å². The van der Waals surface area contributed by atoms with Gasteiger partial charge in [-0.05, 0) is 53.8 Å². The maximum atomic E-state index is 12.9. The monoisotopic (exact) mass is 472 g/mol. The average Bonchev–Trinajstić information content (AvgIpc) is 3.51. The molecule has 2 N–H and O–H groups in total. The maximum absolute atomic E-state index is 12.9. The number of nitrogens with one attached hydrogen (secondary N) is 2. The fourth-order valence-corrected chi connectivity index (χ4v) is 5.36. The summed E-state index contributed by atoms with van der Waals surface area (Å²) in [5, 5.41) is 7.99. The smallest absolute Gasteiger partial charge is 0.265 e. The van der Waals surface area contributed by atoms with Crippen LogP contribution in [0.25, 0.3) is 10.3 Å². The highest BCUT2D eigenvalue weighted by atomic mass is 32.2. The largest absolute Gasteiger partial charge is 0.322 e. The lowest BCUT2D eigenvalue weighted by molar-refractivity contribution is 0.102. The van der Waals surface area contributed by atoms with Crippen LogP contribution < -0.4 is 10.6 Å². The molecule has 8 heteroatoms. The predicted molar refractivity (Wildman–Crippen MR) is 135 cm³/mol. The number of rotatable bonds is 5. The number of amides is 2. The summed E-state index contributed by atoms with van der Waals surface area (Å²) in [6.07, 6.45) is 5.38. The van der Waals surface area contributed by atoms with E-state index in [0.29, 0.717) is 38.1 Å². The SMILES string of the molecule is Cc1ccc(NC(=O)c2cccc(C3C=CSC3)c2)cc1NC(=O)c1cc2nccnc2s1. The Morgan fingerprint density at radius 1 is 1.00 bits per heavy atom. The summed E-state index contributed by atoms with van der Waals surface area (Å²) in [4.78, 5) is 35.4. The first-order chi connectivity index (χ1) is 16.1. The van der Waals surface area contributed by atoms with Gasteiger partial charge >= 0.3 is 0 Å². The summed E-state index contributed by atoms with van der Waals surface area (Å²) >= 11 is 3.07. The van der Waals surface area contributed by atoms with Crippen molar-refractivity contribution in [3.63, 3.8) is 0 Å². The molecule has 0 saturated heterocycles. The van der Waals surface area contributed by atoms with Gasteiger partial charge < -0.3 is 10.6 Å². The van der Waals surface area contributed by atoms with Gasteiger partial charge in [-0.25, -0.2) is 4.98 Å². The fourth-order valence-electron chi connectivity index (χ4n) is 3.59. The third-order valence-corrected chi connectivity index (χ3v) is 7.33. The molecular weight excluding hydrogens is 452 g/mol. The molecule has 0 bridgehead atoms. The van der Waals surface area contributed by atoms with Crippen LogP contribution >= 0.6 is 23.1 Å². The lowest BCUT2D eigenvalue weighted by Crippen LogP contribution is -2.14. The van der Waals surface area contributed by atoms with Crippen LogP contribution in [-0.2, 0) is 0 Å². The minimum absolute atomic E-state index is 0.186. The quantitative estimate of drug-likeness (QED) is 0.381. The molecule has 2 aromatic heterocycles. The van der Waals surface area contributed by atoms with Gasteiger partial charge in [0, 0.05) is 41.0 Å². The average molecular weight is 473 g/mol. The van der Waals surface area contributed by atoms with E-state index in [1.165, 1.54) is 11.3 Å². The van der Waals surface area contributed by atoms with Crippen LogP contribution in [0, 0.1) is 6.92 Å². The lowest BCUT2D eigenvalue weighted by atomic mass is 9.99. The van der Waals surface area contributed by atoms with Gasteiger partial charge in [-0.2, -0.15) is 0 Å². The molecule has 2 aromatic carbocycles. The second-order valence-corrected chi connectivity index (χ2v) is 9.66. The van der Waals surface area contributed by atoms with Crippen molar-refractivity contribution in [3.8, 4) is 0 Å². The zero-order chi connectivity index (χ0) is 22.8. The number of aryl methyl sites for hydroxylation is 1. The third kappa shape index (κ3) is 4.67. The molecule has 0 spiro atoms. The van der Waals surface area contributed by atoms with E-state index >= 15 is 0 Å². The van der Waals surface area contributed by atoms with Gasteiger partial charge in [0.25, 0.3) is 11.8 Å². The summed E-state index contributed by atoms with van der Waals surface area (Å²) in [6.45, 7) is 1.91. The van der Waals surface area contributed by atoms with Gasteiger partial charge in [-0.15, -0.1) is 23.1 Å². The number of thioether (sulfide) groups is 1. The number of benzene rings is 2. The second kappa shape index (κ2) is 9.17. The van der Waals surface area contributed by atoms with Crippen molar-refractivity contribution < 1.29 is 9.59 Å². The number of fused-ring (bicyclic) bond motifs is 1. The molecule has 164 valence electrons. The highest BCUT2D eigenvalue weighted by Crippen LogP contribution is 2.30. The number of anilines is 2. The van der Waals surface area contributed by atoms with Crippen molar-refractivity contribution in [2.45, 2.75) is 12.8 Å². The van der Waals surface area contributed by atoms with E-state index in [2.05, 4.69) is 38.2 Å². The first-order valence-corrected chi connectivity index (χ1v) is 12.3. The Hall–Kier alpha value is -3.49. The summed E-state index contributed by atoms with van der Waals surface area (Å²) in [7, 11) is 0. The maximum Gasteiger partial charge on any atom is 0.265 e. The molecule has 1 aliphatic rings. The highest BCUT2D eigenvalue weighted by Gasteiger charge is 2.16. The van der Waals surface area contributed by atoms with Gasteiger partial charge in [0.15, 0.2) is 0 Å². The third-order valence-electron chi connectivity index (χ3n) is 5.39. The van der Waals surface area contributed by atoms with E-state index in [0.717, 1.165) is 16.9 Å². The molecule has 1 aliphatic heterocycles. The number of hydrogen-bond acceptors (Lipinski definition) is 6. The number of aromatic nitrogens is 2. The molecule has 5 rings (SSSR count). The normalized spacial score (nSPS) is 15.0. The van der Waals surface area contributed by atoms with Crippen LogP contribution in [0.5, 0.6) is 0 Å². The van der Waals surface area contributed by atoms with Crippen LogP contribution in [0.4, 0.5) is 11.4 Å². The summed E-state index contributed by atoms with van der Waals surface area (Å²) in [6, 6.07) is 14.9. The van der Waals surface area contributed by atoms with E-state index < -0.39 is 0 Å². The fraction of sp³-hybridized carbons (Fsp3) is 0.120. The van der Waals surface area contributed by atoms with Crippen molar-refractivity contribution >= 4 is 56.6 Å². The van der Waals surface area contributed by atoms with E-state index in [-0.39, 0.29) is 11.8 Å². The van der Waals surface area contributed by atoms with Gasteiger partial charge in [-0.3, -0.25) is 14.6 Å². The molecule has 1 atom stereocenters. The molecule has 0 fully saturated rings. The van der Waals surface area contributed by atoms with E-state index in [1.54, 1.807) is 36.3 Å². The van der Waals surface area contributed by atoms with Crippen molar-refractivity contribution in [2.24, 2.45) is 0 Å². The van der Waals surface area contributed by atoms with Crippen LogP contribution in [0.15, 0.2) is 72.4 Å². The molecule has 0 aliphatic carbocycles. The Labute approximate surface area is 199 Å². The molecule has 2 amide bonds. The summed E-state index contributed by atoms with van der Waals surface area (Å²) < 4.78 is 0. The zero-order valence-corrected chi connectivity index (χ0v) is 19.4. The number of allylic oxidation sites excluding steroid dienone is 1. The number of thiophene rings is 1. The number of carbonyl (C=O) groups excluding carboxylic acids is 2. The Kier molecular flexibility index (Phi) is 5.93. The van der Waals surface area contributed by atoms with E-state index in [9.17, 15) is 9.59 Å².